The molecule has 0 aliphatic carbocycles. The van der Waals surface area contributed by atoms with Gasteiger partial charge in [-0.05, 0) is 78.7 Å². The van der Waals surface area contributed by atoms with Gasteiger partial charge >= 0.3 is 0 Å². The topological polar surface area (TPSA) is 13.1 Å². The summed E-state index contributed by atoms with van der Waals surface area (Å²) in [6, 6.07) is 43.3. The van der Waals surface area contributed by atoms with Gasteiger partial charge in [0.15, 0.2) is 0 Å². The Hall–Kier alpha value is -5.92. The standard InChI is InChI=1S/C44H28O/c1-3-14-29(15-4-1)31-18-13-19-32(28-31)41-34-20-7-9-22-36(34)42(37-23-10-8-21-35(37)41)39-27-26-33(30-16-5-2-6-17-30)44-43(39)38-24-11-12-25-40(38)45-44/h1-28H/i1D,2D,5D,6D,16D,17D. The first kappa shape index (κ1) is 20.1. The van der Waals surface area contributed by atoms with E-state index in [0.717, 1.165) is 65.7 Å². The van der Waals surface area contributed by atoms with Crippen molar-refractivity contribution < 1.29 is 12.6 Å². The molecule has 45 heavy (non-hydrogen) atoms. The highest BCUT2D eigenvalue weighted by atomic mass is 16.3. The van der Waals surface area contributed by atoms with Gasteiger partial charge < -0.3 is 4.42 Å². The van der Waals surface area contributed by atoms with E-state index >= 15 is 0 Å². The highest BCUT2D eigenvalue weighted by Crippen LogP contribution is 2.48. The molecule has 8 aromatic carbocycles. The summed E-state index contributed by atoms with van der Waals surface area (Å²) in [7, 11) is 0. The molecule has 9 aromatic rings. The van der Waals surface area contributed by atoms with Gasteiger partial charge in [0, 0.05) is 16.3 Å². The van der Waals surface area contributed by atoms with Crippen LogP contribution in [0.15, 0.2) is 174 Å². The van der Waals surface area contributed by atoms with Gasteiger partial charge in [0.2, 0.25) is 0 Å². The van der Waals surface area contributed by atoms with Gasteiger partial charge in [-0.3, -0.25) is 0 Å². The molecule has 9 rings (SSSR count). The van der Waals surface area contributed by atoms with E-state index in [1.807, 2.05) is 60.7 Å². The normalized spacial score (nSPS) is 13.4. The zero-order valence-corrected chi connectivity index (χ0v) is 24.1. The van der Waals surface area contributed by atoms with Gasteiger partial charge in [0.25, 0.3) is 0 Å². The number of hydrogen-bond donors (Lipinski definition) is 0. The van der Waals surface area contributed by atoms with Gasteiger partial charge in [0.1, 0.15) is 11.2 Å². The first-order chi connectivity index (χ1) is 24.8. The zero-order chi connectivity index (χ0) is 35.0. The number of hydrogen-bond acceptors (Lipinski definition) is 1. The quantitative estimate of drug-likeness (QED) is 0.189. The van der Waals surface area contributed by atoms with Crippen molar-refractivity contribution in [2.75, 3.05) is 0 Å². The molecular formula is C44H28O. The van der Waals surface area contributed by atoms with Crippen LogP contribution in [-0.4, -0.2) is 0 Å². The van der Waals surface area contributed by atoms with Crippen molar-refractivity contribution in [2.24, 2.45) is 0 Å². The second-order valence-electron chi connectivity index (χ2n) is 11.2. The molecule has 0 bridgehead atoms. The number of benzene rings is 8. The van der Waals surface area contributed by atoms with Crippen molar-refractivity contribution in [1.29, 1.82) is 0 Å². The van der Waals surface area contributed by atoms with Crippen LogP contribution < -0.4 is 0 Å². The molecule has 0 N–H and O–H groups in total. The van der Waals surface area contributed by atoms with Crippen molar-refractivity contribution in [2.45, 2.75) is 0 Å². The van der Waals surface area contributed by atoms with E-state index in [4.69, 9.17) is 12.6 Å². The van der Waals surface area contributed by atoms with E-state index in [0.29, 0.717) is 22.8 Å². The summed E-state index contributed by atoms with van der Waals surface area (Å²) in [6.07, 6.45) is 0. The largest absolute Gasteiger partial charge is 0.455 e. The number of rotatable bonds is 4. The molecule has 1 aromatic heterocycles. The smallest absolute Gasteiger partial charge is 0.143 e. The monoisotopic (exact) mass is 578 g/mol. The summed E-state index contributed by atoms with van der Waals surface area (Å²) in [5.74, 6) is 0. The second-order valence-corrected chi connectivity index (χ2v) is 11.2. The molecule has 1 nitrogen and oxygen atoms in total. The van der Waals surface area contributed by atoms with Crippen LogP contribution in [0, 0.1) is 0 Å². The minimum atomic E-state index is -0.430. The van der Waals surface area contributed by atoms with Crippen molar-refractivity contribution in [1.82, 2.24) is 0 Å². The Morgan fingerprint density at radius 2 is 0.978 bits per heavy atom. The number of fused-ring (bicyclic) bond motifs is 5. The summed E-state index contributed by atoms with van der Waals surface area (Å²) < 4.78 is 57.0. The summed E-state index contributed by atoms with van der Waals surface area (Å²) >= 11 is 0. The minimum Gasteiger partial charge on any atom is -0.455 e. The lowest BCUT2D eigenvalue weighted by Crippen LogP contribution is -1.92. The Labute approximate surface area is 270 Å². The summed E-state index contributed by atoms with van der Waals surface area (Å²) in [5, 5.41) is 5.97. The van der Waals surface area contributed by atoms with Gasteiger partial charge in [-0.15, -0.1) is 0 Å². The summed E-state index contributed by atoms with van der Waals surface area (Å²) in [6.45, 7) is 0. The maximum atomic E-state index is 8.78. The van der Waals surface area contributed by atoms with Gasteiger partial charge in [-0.25, -0.2) is 0 Å². The molecule has 0 radical (unpaired) electrons. The van der Waals surface area contributed by atoms with Crippen molar-refractivity contribution in [3.8, 4) is 44.5 Å². The molecule has 0 amide bonds. The van der Waals surface area contributed by atoms with Crippen LogP contribution in [0.5, 0.6) is 0 Å². The third-order valence-electron chi connectivity index (χ3n) is 8.70. The van der Waals surface area contributed by atoms with Crippen LogP contribution in [0.4, 0.5) is 0 Å². The zero-order valence-electron chi connectivity index (χ0n) is 30.1. The first-order valence-corrected chi connectivity index (χ1v) is 14.9. The molecule has 0 saturated heterocycles. The molecule has 0 spiro atoms. The van der Waals surface area contributed by atoms with E-state index in [-0.39, 0.29) is 29.7 Å². The van der Waals surface area contributed by atoms with Gasteiger partial charge in [-0.1, -0.05) is 152 Å². The van der Waals surface area contributed by atoms with E-state index in [9.17, 15) is 0 Å². The van der Waals surface area contributed by atoms with Gasteiger partial charge in [-0.2, -0.15) is 0 Å². The van der Waals surface area contributed by atoms with E-state index in [1.165, 1.54) is 0 Å². The predicted molar refractivity (Wildman–Crippen MR) is 190 cm³/mol. The van der Waals surface area contributed by atoms with Crippen LogP contribution in [0.3, 0.4) is 0 Å². The molecule has 1 heteroatoms. The maximum Gasteiger partial charge on any atom is 0.143 e. The molecule has 1 heterocycles. The molecule has 0 aliphatic rings. The Morgan fingerprint density at radius 1 is 0.400 bits per heavy atom. The average molecular weight is 579 g/mol. The highest BCUT2D eigenvalue weighted by molar-refractivity contribution is 6.26. The van der Waals surface area contributed by atoms with Gasteiger partial charge in [0.05, 0.1) is 8.22 Å². The van der Waals surface area contributed by atoms with Crippen LogP contribution in [0.2, 0.25) is 0 Å². The molecule has 0 saturated carbocycles. The predicted octanol–water partition coefficient (Wildman–Crippen LogP) is 12.6. The lowest BCUT2D eigenvalue weighted by atomic mass is 9.84. The summed E-state index contributed by atoms with van der Waals surface area (Å²) in [4.78, 5) is 0. The average Bonchev–Trinajstić information content (AvgIpc) is 3.56. The van der Waals surface area contributed by atoms with E-state index < -0.39 is 6.04 Å². The van der Waals surface area contributed by atoms with Crippen molar-refractivity contribution in [3.05, 3.63) is 170 Å². The van der Waals surface area contributed by atoms with Crippen molar-refractivity contribution >= 4 is 43.5 Å². The van der Waals surface area contributed by atoms with E-state index in [1.54, 1.807) is 0 Å². The third kappa shape index (κ3) is 4.09. The SMILES string of the molecule is [2H]c1ccc(-c2cccc(-c3c4ccccc4c(-c4ccc(-c5c([2H])c([2H])c([2H])c([2H])c5[2H])c5oc6ccccc6c45)c4ccccc34)c2)cc1. The minimum absolute atomic E-state index is 0.110. The van der Waals surface area contributed by atoms with Crippen LogP contribution >= 0.6 is 0 Å². The molecule has 0 aliphatic heterocycles. The molecular weight excluding hydrogens is 544 g/mol. The molecule has 210 valence electrons. The lowest BCUT2D eigenvalue weighted by molar-refractivity contribution is 0.670. The fourth-order valence-electron chi connectivity index (χ4n) is 6.78. The molecule has 0 atom stereocenters. The fourth-order valence-corrected chi connectivity index (χ4v) is 6.78. The Bertz CT molecular complexity index is 2790. The number of furan rings is 1. The Balaban J connectivity index is 1.38. The molecule has 0 unspecified atom stereocenters. The highest BCUT2D eigenvalue weighted by Gasteiger charge is 2.22. The Kier molecular flexibility index (Phi) is 4.63. The first-order valence-electron chi connectivity index (χ1n) is 17.9. The van der Waals surface area contributed by atoms with Crippen LogP contribution in [-0.2, 0) is 0 Å². The molecule has 0 fully saturated rings. The van der Waals surface area contributed by atoms with E-state index in [2.05, 4.69) is 72.8 Å². The number of para-hydroxylation sites is 1. The van der Waals surface area contributed by atoms with Crippen molar-refractivity contribution in [3.63, 3.8) is 0 Å². The van der Waals surface area contributed by atoms with Crippen LogP contribution in [0.25, 0.3) is 88.0 Å². The maximum absolute atomic E-state index is 8.78. The summed E-state index contributed by atoms with van der Waals surface area (Å²) in [5.41, 5.74) is 7.94. The third-order valence-corrected chi connectivity index (χ3v) is 8.70. The Morgan fingerprint density at radius 3 is 1.69 bits per heavy atom. The lowest BCUT2D eigenvalue weighted by Gasteiger charge is -2.19. The fraction of sp³-hybridized carbons (Fsp3) is 0. The van der Waals surface area contributed by atoms with Crippen LogP contribution in [0.1, 0.15) is 8.22 Å². The second kappa shape index (κ2) is 10.4.